The van der Waals surface area contributed by atoms with E-state index in [1.165, 1.54) is 0 Å². The van der Waals surface area contributed by atoms with Gasteiger partial charge in [0.05, 0.1) is 0 Å². The lowest BCUT2D eigenvalue weighted by atomic mass is 10.0. The molecule has 4 N–H and O–H groups in total. The highest BCUT2D eigenvalue weighted by Crippen LogP contribution is 2.28. The zero-order valence-corrected chi connectivity index (χ0v) is 10.8. The van der Waals surface area contributed by atoms with Crippen molar-refractivity contribution >= 4 is 23.5 Å². The van der Waals surface area contributed by atoms with Gasteiger partial charge in [-0.1, -0.05) is 41.9 Å². The van der Waals surface area contributed by atoms with Crippen LogP contribution in [0.5, 0.6) is 0 Å². The van der Waals surface area contributed by atoms with Crippen molar-refractivity contribution in [3.8, 4) is 11.1 Å². The number of carbonyl (C=O) groups is 1. The number of hydrogen-bond acceptors (Lipinski definition) is 1. The number of carbonyl (C=O) groups excluding carboxylic acids is 1. The molecule has 0 heterocycles. The molecule has 2 aromatic carbocycles. The van der Waals surface area contributed by atoms with E-state index in [1.54, 1.807) is 24.3 Å². The summed E-state index contributed by atoms with van der Waals surface area (Å²) in [5.41, 5.74) is 12.5. The van der Waals surface area contributed by atoms with Gasteiger partial charge < -0.3 is 11.5 Å². The summed E-state index contributed by atoms with van der Waals surface area (Å²) >= 11 is 6.12. The van der Waals surface area contributed by atoms with E-state index >= 15 is 0 Å². The van der Waals surface area contributed by atoms with Crippen LogP contribution in [0.25, 0.3) is 11.1 Å². The Morgan fingerprint density at radius 1 is 1.05 bits per heavy atom. The van der Waals surface area contributed by atoms with Gasteiger partial charge in [0.15, 0.2) is 5.96 Å². The first-order valence-corrected chi connectivity index (χ1v) is 5.94. The van der Waals surface area contributed by atoms with Gasteiger partial charge >= 0.3 is 0 Å². The van der Waals surface area contributed by atoms with Gasteiger partial charge in [-0.3, -0.25) is 4.79 Å². The molecule has 0 aromatic heterocycles. The second-order valence-corrected chi connectivity index (χ2v) is 4.31. The first-order valence-electron chi connectivity index (χ1n) is 5.57. The normalized spacial score (nSPS) is 9.95. The van der Waals surface area contributed by atoms with E-state index in [9.17, 15) is 4.79 Å². The van der Waals surface area contributed by atoms with Crippen molar-refractivity contribution in [2.45, 2.75) is 0 Å². The van der Waals surface area contributed by atoms with Crippen molar-refractivity contribution < 1.29 is 4.79 Å². The van der Waals surface area contributed by atoms with Crippen molar-refractivity contribution in [3.63, 3.8) is 0 Å². The number of nitrogens with two attached hydrogens (primary N) is 2. The van der Waals surface area contributed by atoms with Gasteiger partial charge in [0.25, 0.3) is 5.91 Å². The quantitative estimate of drug-likeness (QED) is 0.651. The van der Waals surface area contributed by atoms with Gasteiger partial charge in [-0.25, -0.2) is 0 Å². The zero-order valence-electron chi connectivity index (χ0n) is 10.0. The molecule has 2 rings (SSSR count). The number of aliphatic imine (C=N–C) groups is 1. The summed E-state index contributed by atoms with van der Waals surface area (Å²) in [6.45, 7) is 0. The number of guanidine groups is 1. The molecule has 0 spiro atoms. The van der Waals surface area contributed by atoms with Gasteiger partial charge in [-0.2, -0.15) is 4.99 Å². The number of hydrogen-bond donors (Lipinski definition) is 2. The van der Waals surface area contributed by atoms with Crippen LogP contribution in [0.15, 0.2) is 53.5 Å². The summed E-state index contributed by atoms with van der Waals surface area (Å²) in [7, 11) is 0. The zero-order chi connectivity index (χ0) is 13.8. The minimum Gasteiger partial charge on any atom is -0.370 e. The van der Waals surface area contributed by atoms with E-state index in [0.29, 0.717) is 10.6 Å². The molecule has 4 nitrogen and oxygen atoms in total. The van der Waals surface area contributed by atoms with Crippen LogP contribution in [-0.2, 0) is 0 Å². The molecular formula is C14H12ClN3O. The molecule has 5 heteroatoms. The van der Waals surface area contributed by atoms with Gasteiger partial charge in [0.1, 0.15) is 0 Å². The molecule has 2 aromatic rings. The second-order valence-electron chi connectivity index (χ2n) is 3.90. The van der Waals surface area contributed by atoms with E-state index in [-0.39, 0.29) is 5.96 Å². The molecule has 0 aliphatic rings. The summed E-state index contributed by atoms with van der Waals surface area (Å²) in [4.78, 5) is 15.2. The number of nitrogens with zero attached hydrogens (tertiary/aromatic N) is 1. The Bertz CT molecular complexity index is 649. The van der Waals surface area contributed by atoms with Crippen molar-refractivity contribution in [2.24, 2.45) is 16.5 Å². The minimum atomic E-state index is -0.478. The third kappa shape index (κ3) is 3.11. The standard InChI is InChI=1S/C14H12ClN3O/c15-12-7-2-1-6-11(12)9-4-3-5-10(8-9)13(19)18-14(16)17/h1-8H,(H4,16,17,18,19). The average molecular weight is 274 g/mol. The van der Waals surface area contributed by atoms with Gasteiger partial charge in [0.2, 0.25) is 0 Å². The summed E-state index contributed by atoms with van der Waals surface area (Å²) in [5.74, 6) is -0.734. The van der Waals surface area contributed by atoms with Crippen molar-refractivity contribution in [1.29, 1.82) is 0 Å². The van der Waals surface area contributed by atoms with E-state index in [2.05, 4.69) is 4.99 Å². The Hall–Kier alpha value is -2.33. The monoisotopic (exact) mass is 273 g/mol. The molecule has 96 valence electrons. The summed E-state index contributed by atoms with van der Waals surface area (Å²) in [6, 6.07) is 14.4. The molecule has 0 saturated carbocycles. The van der Waals surface area contributed by atoms with Crippen LogP contribution < -0.4 is 11.5 Å². The molecule has 0 atom stereocenters. The number of benzene rings is 2. The Morgan fingerprint density at radius 2 is 1.79 bits per heavy atom. The van der Waals surface area contributed by atoms with E-state index < -0.39 is 5.91 Å². The first kappa shape index (κ1) is 13.1. The van der Waals surface area contributed by atoms with Crippen LogP contribution in [0, 0.1) is 0 Å². The highest BCUT2D eigenvalue weighted by atomic mass is 35.5. The second kappa shape index (κ2) is 5.54. The molecular weight excluding hydrogens is 262 g/mol. The Morgan fingerprint density at radius 3 is 2.47 bits per heavy atom. The van der Waals surface area contributed by atoms with E-state index in [4.69, 9.17) is 23.1 Å². The summed E-state index contributed by atoms with van der Waals surface area (Å²) in [5, 5.41) is 0.619. The topological polar surface area (TPSA) is 81.5 Å². The Kier molecular flexibility index (Phi) is 3.82. The third-order valence-electron chi connectivity index (χ3n) is 2.53. The van der Waals surface area contributed by atoms with Gasteiger partial charge in [-0.05, 0) is 23.8 Å². The molecule has 0 saturated heterocycles. The molecule has 0 bridgehead atoms. The van der Waals surface area contributed by atoms with Crippen molar-refractivity contribution in [1.82, 2.24) is 0 Å². The largest absolute Gasteiger partial charge is 0.370 e. The number of rotatable bonds is 2. The third-order valence-corrected chi connectivity index (χ3v) is 2.85. The maximum atomic E-state index is 11.7. The van der Waals surface area contributed by atoms with Crippen LogP contribution in [0.4, 0.5) is 0 Å². The number of amides is 1. The molecule has 19 heavy (non-hydrogen) atoms. The van der Waals surface area contributed by atoms with Crippen LogP contribution in [-0.4, -0.2) is 11.9 Å². The Labute approximate surface area is 115 Å². The van der Waals surface area contributed by atoms with Crippen LogP contribution in [0.1, 0.15) is 10.4 Å². The highest BCUT2D eigenvalue weighted by Gasteiger charge is 2.08. The highest BCUT2D eigenvalue weighted by molar-refractivity contribution is 6.33. The lowest BCUT2D eigenvalue weighted by molar-refractivity contribution is 0.100. The fourth-order valence-corrected chi connectivity index (χ4v) is 1.94. The van der Waals surface area contributed by atoms with Crippen LogP contribution in [0.3, 0.4) is 0 Å². The fourth-order valence-electron chi connectivity index (χ4n) is 1.70. The lowest BCUT2D eigenvalue weighted by Crippen LogP contribution is -2.24. The fraction of sp³-hybridized carbons (Fsp3) is 0. The van der Waals surface area contributed by atoms with Crippen LogP contribution >= 0.6 is 11.6 Å². The average Bonchev–Trinajstić information content (AvgIpc) is 2.38. The molecule has 0 aliphatic heterocycles. The van der Waals surface area contributed by atoms with Gasteiger partial charge in [-0.15, -0.1) is 0 Å². The maximum Gasteiger partial charge on any atom is 0.280 e. The van der Waals surface area contributed by atoms with E-state index in [1.807, 2.05) is 24.3 Å². The summed E-state index contributed by atoms with van der Waals surface area (Å²) < 4.78 is 0. The maximum absolute atomic E-state index is 11.7. The molecule has 0 fully saturated rings. The van der Waals surface area contributed by atoms with Gasteiger partial charge in [0, 0.05) is 16.1 Å². The Balaban J connectivity index is 2.43. The molecule has 0 radical (unpaired) electrons. The van der Waals surface area contributed by atoms with Crippen molar-refractivity contribution in [2.75, 3.05) is 0 Å². The number of halogens is 1. The van der Waals surface area contributed by atoms with Crippen molar-refractivity contribution in [3.05, 3.63) is 59.1 Å². The predicted molar refractivity (Wildman–Crippen MR) is 77.0 cm³/mol. The molecule has 0 aliphatic carbocycles. The lowest BCUT2D eigenvalue weighted by Gasteiger charge is -2.05. The van der Waals surface area contributed by atoms with E-state index in [0.717, 1.165) is 11.1 Å². The summed E-state index contributed by atoms with van der Waals surface area (Å²) in [6.07, 6.45) is 0. The first-order chi connectivity index (χ1) is 9.08. The SMILES string of the molecule is NC(N)=NC(=O)c1cccc(-c2ccccc2Cl)c1. The minimum absolute atomic E-state index is 0.256. The molecule has 0 unspecified atom stereocenters. The smallest absolute Gasteiger partial charge is 0.280 e. The molecule has 1 amide bonds. The predicted octanol–water partition coefficient (Wildman–Crippen LogP) is 2.42. The van der Waals surface area contributed by atoms with Crippen LogP contribution in [0.2, 0.25) is 5.02 Å².